The lowest BCUT2D eigenvalue weighted by Gasteiger charge is -2.30. The van der Waals surface area contributed by atoms with E-state index >= 15 is 0 Å². The molecule has 0 saturated heterocycles. The Labute approximate surface area is 118 Å². The molecule has 0 saturated carbocycles. The minimum absolute atomic E-state index is 0.0397. The number of nitrogens with zero attached hydrogens (tertiary/aromatic N) is 1. The summed E-state index contributed by atoms with van der Waals surface area (Å²) in [5.41, 5.74) is 5.68. The number of hydrogen-bond acceptors (Lipinski definition) is 2. The average molecular weight is 280 g/mol. The number of likely N-dealkylation sites (N-methyl/N-ethyl adjacent to an activating group) is 1. The predicted molar refractivity (Wildman–Crippen MR) is 75.3 cm³/mol. The summed E-state index contributed by atoms with van der Waals surface area (Å²) in [6.45, 7) is 3.79. The monoisotopic (exact) mass is 280 g/mol. The first-order valence-corrected chi connectivity index (χ1v) is 6.66. The highest BCUT2D eigenvalue weighted by Crippen LogP contribution is 2.15. The Morgan fingerprint density at radius 2 is 1.95 bits per heavy atom. The van der Waals surface area contributed by atoms with E-state index in [1.165, 1.54) is 18.0 Å². The van der Waals surface area contributed by atoms with E-state index in [0.717, 1.165) is 6.42 Å². The number of carbonyl (C=O) groups is 2. The van der Waals surface area contributed by atoms with Crippen molar-refractivity contribution in [3.05, 3.63) is 35.6 Å². The second-order valence-corrected chi connectivity index (χ2v) is 5.01. The van der Waals surface area contributed by atoms with Crippen LogP contribution >= 0.6 is 0 Å². The van der Waals surface area contributed by atoms with Gasteiger partial charge in [0, 0.05) is 7.05 Å². The zero-order valence-corrected chi connectivity index (χ0v) is 12.1. The highest BCUT2D eigenvalue weighted by atomic mass is 19.1. The Kier molecular flexibility index (Phi) is 5.67. The Morgan fingerprint density at radius 3 is 2.45 bits per heavy atom. The number of nitrogens with two attached hydrogens (primary N) is 1. The molecule has 0 aromatic heterocycles. The molecule has 2 N–H and O–H groups in total. The molecule has 0 bridgehead atoms. The van der Waals surface area contributed by atoms with Crippen LogP contribution in [0, 0.1) is 11.7 Å². The van der Waals surface area contributed by atoms with Crippen LogP contribution in [0.25, 0.3) is 0 Å². The molecule has 2 atom stereocenters. The molecule has 1 aromatic rings. The average Bonchev–Trinajstić information content (AvgIpc) is 2.40. The zero-order valence-electron chi connectivity index (χ0n) is 12.1. The molecule has 0 fully saturated rings. The number of rotatable bonds is 6. The Bertz CT molecular complexity index is 491. The van der Waals surface area contributed by atoms with Crippen LogP contribution in [0.5, 0.6) is 0 Å². The van der Waals surface area contributed by atoms with Gasteiger partial charge in [-0.3, -0.25) is 9.59 Å². The molecule has 0 spiro atoms. The Morgan fingerprint density at radius 1 is 1.35 bits per heavy atom. The van der Waals surface area contributed by atoms with Crippen LogP contribution in [0.15, 0.2) is 24.3 Å². The highest BCUT2D eigenvalue weighted by molar-refractivity contribution is 5.87. The molecule has 110 valence electrons. The summed E-state index contributed by atoms with van der Waals surface area (Å²) < 4.78 is 13.5. The third kappa shape index (κ3) is 3.79. The first-order valence-electron chi connectivity index (χ1n) is 6.66. The van der Waals surface area contributed by atoms with Crippen molar-refractivity contribution >= 4 is 11.8 Å². The Balaban J connectivity index is 2.85. The minimum Gasteiger partial charge on any atom is -0.368 e. The maximum atomic E-state index is 13.5. The molecule has 0 aliphatic carbocycles. The number of benzene rings is 1. The van der Waals surface area contributed by atoms with E-state index in [9.17, 15) is 14.0 Å². The molecule has 2 amide bonds. The SMILES string of the molecule is CCC(C)[C@@H](C(N)=O)N(C)C(=O)Cc1ccccc1F. The minimum atomic E-state index is -0.667. The molecule has 4 nitrogen and oxygen atoms in total. The molecule has 1 rings (SSSR count). The van der Waals surface area contributed by atoms with Gasteiger partial charge in [0.2, 0.25) is 11.8 Å². The lowest BCUT2D eigenvalue weighted by molar-refractivity contribution is -0.139. The fourth-order valence-electron chi connectivity index (χ4n) is 2.16. The normalized spacial score (nSPS) is 13.6. The van der Waals surface area contributed by atoms with Gasteiger partial charge in [-0.1, -0.05) is 38.5 Å². The van der Waals surface area contributed by atoms with Crippen LogP contribution in [0.3, 0.4) is 0 Å². The van der Waals surface area contributed by atoms with Crippen molar-refractivity contribution in [2.24, 2.45) is 11.7 Å². The van der Waals surface area contributed by atoms with E-state index in [1.807, 2.05) is 13.8 Å². The van der Waals surface area contributed by atoms with Gasteiger partial charge in [-0.05, 0) is 17.5 Å². The number of halogens is 1. The number of primary amides is 1. The molecule has 1 aromatic carbocycles. The van der Waals surface area contributed by atoms with Gasteiger partial charge in [-0.25, -0.2) is 4.39 Å². The summed E-state index contributed by atoms with van der Waals surface area (Å²) in [7, 11) is 1.53. The lowest BCUT2D eigenvalue weighted by Crippen LogP contribution is -2.49. The fourth-order valence-corrected chi connectivity index (χ4v) is 2.16. The van der Waals surface area contributed by atoms with Crippen LogP contribution in [0.4, 0.5) is 4.39 Å². The molecule has 0 radical (unpaired) electrons. The summed E-state index contributed by atoms with van der Waals surface area (Å²) >= 11 is 0. The van der Waals surface area contributed by atoms with Crippen molar-refractivity contribution < 1.29 is 14.0 Å². The largest absolute Gasteiger partial charge is 0.368 e. The van der Waals surface area contributed by atoms with Crippen molar-refractivity contribution in [2.45, 2.75) is 32.7 Å². The van der Waals surface area contributed by atoms with E-state index in [1.54, 1.807) is 18.2 Å². The summed E-state index contributed by atoms with van der Waals surface area (Å²) in [6, 6.07) is 5.44. The summed E-state index contributed by atoms with van der Waals surface area (Å²) in [5, 5.41) is 0. The van der Waals surface area contributed by atoms with Crippen LogP contribution in [0.1, 0.15) is 25.8 Å². The molecule has 0 heterocycles. The van der Waals surface area contributed by atoms with Gasteiger partial charge >= 0.3 is 0 Å². The van der Waals surface area contributed by atoms with E-state index in [2.05, 4.69) is 0 Å². The number of amides is 2. The van der Waals surface area contributed by atoms with Gasteiger partial charge in [0.1, 0.15) is 11.9 Å². The van der Waals surface area contributed by atoms with Gasteiger partial charge < -0.3 is 10.6 Å². The second kappa shape index (κ2) is 7.03. The second-order valence-electron chi connectivity index (χ2n) is 5.01. The maximum Gasteiger partial charge on any atom is 0.240 e. The van der Waals surface area contributed by atoms with Crippen molar-refractivity contribution in [2.75, 3.05) is 7.05 Å². The first-order chi connectivity index (χ1) is 9.38. The molecule has 0 aliphatic heterocycles. The maximum absolute atomic E-state index is 13.5. The molecular formula is C15H21FN2O2. The number of carbonyl (C=O) groups excluding carboxylic acids is 2. The van der Waals surface area contributed by atoms with Crippen LogP contribution in [0.2, 0.25) is 0 Å². The summed E-state index contributed by atoms with van der Waals surface area (Å²) in [6.07, 6.45) is 0.647. The molecule has 20 heavy (non-hydrogen) atoms. The van der Waals surface area contributed by atoms with Crippen molar-refractivity contribution in [3.8, 4) is 0 Å². The number of hydrogen-bond donors (Lipinski definition) is 1. The third-order valence-corrected chi connectivity index (χ3v) is 3.58. The van der Waals surface area contributed by atoms with Crippen molar-refractivity contribution in [1.82, 2.24) is 4.90 Å². The van der Waals surface area contributed by atoms with Gasteiger partial charge in [0.25, 0.3) is 0 Å². The van der Waals surface area contributed by atoms with E-state index in [0.29, 0.717) is 5.56 Å². The van der Waals surface area contributed by atoms with Crippen molar-refractivity contribution in [1.29, 1.82) is 0 Å². The van der Waals surface area contributed by atoms with Crippen molar-refractivity contribution in [3.63, 3.8) is 0 Å². The first kappa shape index (κ1) is 16.1. The van der Waals surface area contributed by atoms with E-state index < -0.39 is 17.8 Å². The van der Waals surface area contributed by atoms with Gasteiger partial charge in [0.15, 0.2) is 0 Å². The molecular weight excluding hydrogens is 259 g/mol. The quantitative estimate of drug-likeness (QED) is 0.862. The van der Waals surface area contributed by atoms with Gasteiger partial charge in [-0.2, -0.15) is 0 Å². The third-order valence-electron chi connectivity index (χ3n) is 3.58. The molecule has 0 aliphatic rings. The van der Waals surface area contributed by atoms with Gasteiger partial charge in [0.05, 0.1) is 6.42 Å². The highest BCUT2D eigenvalue weighted by Gasteiger charge is 2.29. The lowest BCUT2D eigenvalue weighted by atomic mass is 9.96. The van der Waals surface area contributed by atoms with Crippen LogP contribution in [-0.4, -0.2) is 29.8 Å². The Hall–Kier alpha value is -1.91. The predicted octanol–water partition coefficient (Wildman–Crippen LogP) is 1.73. The summed E-state index contributed by atoms with van der Waals surface area (Å²) in [5.74, 6) is -1.32. The fraction of sp³-hybridized carbons (Fsp3) is 0.467. The van der Waals surface area contributed by atoms with Crippen LogP contribution in [-0.2, 0) is 16.0 Å². The smallest absolute Gasteiger partial charge is 0.240 e. The topological polar surface area (TPSA) is 63.4 Å². The van der Waals surface area contributed by atoms with Crippen LogP contribution < -0.4 is 5.73 Å². The molecule has 1 unspecified atom stereocenters. The van der Waals surface area contributed by atoms with E-state index in [4.69, 9.17) is 5.73 Å². The van der Waals surface area contributed by atoms with E-state index in [-0.39, 0.29) is 18.2 Å². The van der Waals surface area contributed by atoms with Gasteiger partial charge in [-0.15, -0.1) is 0 Å². The molecule has 5 heteroatoms. The zero-order chi connectivity index (χ0) is 15.3. The standard InChI is InChI=1S/C15H21FN2O2/c1-4-10(2)14(15(17)20)18(3)13(19)9-11-7-5-6-8-12(11)16/h5-8,10,14H,4,9H2,1-3H3,(H2,17,20)/t10?,14-/m0/s1. The summed E-state index contributed by atoms with van der Waals surface area (Å²) in [4.78, 5) is 25.0.